The molecule has 1 N–H and O–H groups in total. The van der Waals surface area contributed by atoms with Crippen molar-refractivity contribution in [3.63, 3.8) is 0 Å². The summed E-state index contributed by atoms with van der Waals surface area (Å²) in [5.41, 5.74) is 1.23. The molecule has 0 saturated heterocycles. The van der Waals surface area contributed by atoms with Crippen LogP contribution in [0.25, 0.3) is 0 Å². The van der Waals surface area contributed by atoms with Crippen molar-refractivity contribution in [1.82, 2.24) is 4.90 Å². The van der Waals surface area contributed by atoms with Gasteiger partial charge in [0.05, 0.1) is 0 Å². The van der Waals surface area contributed by atoms with E-state index < -0.39 is 0 Å². The molecule has 0 radical (unpaired) electrons. The van der Waals surface area contributed by atoms with E-state index in [1.54, 1.807) is 0 Å². The molecule has 0 aromatic heterocycles. The van der Waals surface area contributed by atoms with Crippen molar-refractivity contribution in [2.75, 3.05) is 14.1 Å². The zero-order valence-electron chi connectivity index (χ0n) is 7.32. The first kappa shape index (κ1) is 9.75. The molecular formula is C9H13NOSe. The summed E-state index contributed by atoms with van der Waals surface area (Å²) in [6.07, 6.45) is 0. The Morgan fingerprint density at radius 1 is 1.33 bits per heavy atom. The average molecular weight is 230 g/mol. The Morgan fingerprint density at radius 2 is 2.00 bits per heavy atom. The van der Waals surface area contributed by atoms with Crippen LogP contribution in [0.2, 0.25) is 0 Å². The summed E-state index contributed by atoms with van der Waals surface area (Å²) >= 11 is -0.382. The topological polar surface area (TPSA) is 23.5 Å². The van der Waals surface area contributed by atoms with Crippen LogP contribution in [0.3, 0.4) is 0 Å². The van der Waals surface area contributed by atoms with Gasteiger partial charge in [0.2, 0.25) is 0 Å². The van der Waals surface area contributed by atoms with Gasteiger partial charge in [-0.1, -0.05) is 0 Å². The van der Waals surface area contributed by atoms with Gasteiger partial charge in [0.25, 0.3) is 0 Å². The Balaban J connectivity index is 2.82. The molecule has 1 aromatic rings. The molecule has 0 saturated carbocycles. The molecule has 12 heavy (non-hydrogen) atoms. The third-order valence-electron chi connectivity index (χ3n) is 1.56. The second-order valence-corrected chi connectivity index (χ2v) is 4.24. The van der Waals surface area contributed by atoms with Crippen LogP contribution in [-0.2, 0) is 6.54 Å². The van der Waals surface area contributed by atoms with Crippen LogP contribution >= 0.6 is 0 Å². The molecule has 0 heterocycles. The van der Waals surface area contributed by atoms with Crippen LogP contribution in [0.1, 0.15) is 5.56 Å². The standard InChI is InChI=1S/C9H13NOSe/c1-10(2)7-8-5-3-4-6-9(8)12-11/h3-6,11H,7H2,1-2H3. The van der Waals surface area contributed by atoms with Gasteiger partial charge >= 0.3 is 79.3 Å². The van der Waals surface area contributed by atoms with E-state index in [-0.39, 0.29) is 15.3 Å². The maximum atomic E-state index is 9.08. The van der Waals surface area contributed by atoms with Crippen molar-refractivity contribution >= 4 is 19.7 Å². The summed E-state index contributed by atoms with van der Waals surface area (Å²) in [4.78, 5) is 2.10. The third kappa shape index (κ3) is 2.61. The van der Waals surface area contributed by atoms with Crippen molar-refractivity contribution in [2.45, 2.75) is 6.54 Å². The summed E-state index contributed by atoms with van der Waals surface area (Å²) in [5.74, 6) is 0. The second kappa shape index (κ2) is 4.63. The third-order valence-corrected chi connectivity index (χ3v) is 2.81. The number of hydrogen-bond acceptors (Lipinski definition) is 2. The average Bonchev–Trinajstić information content (AvgIpc) is 2.04. The van der Waals surface area contributed by atoms with Crippen LogP contribution < -0.4 is 4.46 Å². The second-order valence-electron chi connectivity index (χ2n) is 2.94. The molecule has 0 unspecified atom stereocenters. The summed E-state index contributed by atoms with van der Waals surface area (Å²) in [5, 5.41) is 0. The van der Waals surface area contributed by atoms with E-state index in [4.69, 9.17) is 4.19 Å². The number of benzene rings is 1. The van der Waals surface area contributed by atoms with Crippen LogP contribution in [0, 0.1) is 0 Å². The molecule has 0 aliphatic heterocycles. The normalized spacial score (nSPS) is 10.7. The molecule has 0 aliphatic rings. The molecule has 1 aromatic carbocycles. The predicted molar refractivity (Wildman–Crippen MR) is 51.4 cm³/mol. The number of rotatable bonds is 3. The fraction of sp³-hybridized carbons (Fsp3) is 0.333. The van der Waals surface area contributed by atoms with Crippen molar-refractivity contribution in [2.24, 2.45) is 0 Å². The quantitative estimate of drug-likeness (QED) is 0.738. The van der Waals surface area contributed by atoms with Crippen LogP contribution in [-0.4, -0.2) is 38.5 Å². The van der Waals surface area contributed by atoms with Crippen molar-refractivity contribution in [3.8, 4) is 0 Å². The Kier molecular flexibility index (Phi) is 3.76. The molecule has 0 atom stereocenters. The Morgan fingerprint density at radius 3 is 2.58 bits per heavy atom. The van der Waals surface area contributed by atoms with Gasteiger partial charge in [-0.25, -0.2) is 0 Å². The number of hydrogen-bond donors (Lipinski definition) is 1. The van der Waals surface area contributed by atoms with Gasteiger partial charge in [-0.3, -0.25) is 0 Å². The molecule has 0 aliphatic carbocycles. The van der Waals surface area contributed by atoms with E-state index in [9.17, 15) is 0 Å². The molecule has 0 bridgehead atoms. The minimum atomic E-state index is -0.382. The van der Waals surface area contributed by atoms with Gasteiger partial charge in [-0.2, -0.15) is 0 Å². The Bertz CT molecular complexity index is 250. The monoisotopic (exact) mass is 231 g/mol. The zero-order chi connectivity index (χ0) is 8.97. The van der Waals surface area contributed by atoms with E-state index in [0.29, 0.717) is 0 Å². The molecule has 0 spiro atoms. The molecule has 0 fully saturated rings. The van der Waals surface area contributed by atoms with Crippen molar-refractivity contribution < 1.29 is 4.19 Å². The fourth-order valence-electron chi connectivity index (χ4n) is 1.06. The summed E-state index contributed by atoms with van der Waals surface area (Å²) in [6.45, 7) is 0.901. The van der Waals surface area contributed by atoms with Crippen molar-refractivity contribution in [3.05, 3.63) is 29.8 Å². The molecular weight excluding hydrogens is 217 g/mol. The van der Waals surface area contributed by atoms with Gasteiger partial charge < -0.3 is 0 Å². The van der Waals surface area contributed by atoms with E-state index >= 15 is 0 Å². The van der Waals surface area contributed by atoms with E-state index in [0.717, 1.165) is 11.0 Å². The number of nitrogens with zero attached hydrogens (tertiary/aromatic N) is 1. The molecule has 3 heteroatoms. The zero-order valence-corrected chi connectivity index (χ0v) is 9.03. The van der Waals surface area contributed by atoms with Gasteiger partial charge in [0.1, 0.15) is 0 Å². The van der Waals surface area contributed by atoms with E-state index in [2.05, 4.69) is 11.0 Å². The molecule has 2 nitrogen and oxygen atoms in total. The Hall–Kier alpha value is -0.341. The first-order valence-electron chi connectivity index (χ1n) is 3.78. The van der Waals surface area contributed by atoms with Crippen LogP contribution in [0.15, 0.2) is 24.3 Å². The molecule has 66 valence electrons. The van der Waals surface area contributed by atoms with Gasteiger partial charge in [-0.05, 0) is 0 Å². The first-order chi connectivity index (χ1) is 5.74. The molecule has 0 amide bonds. The SMILES string of the molecule is CN(C)Cc1ccccc1[Se]O. The Labute approximate surface area is 79.7 Å². The maximum absolute atomic E-state index is 9.08. The van der Waals surface area contributed by atoms with Gasteiger partial charge in [0, 0.05) is 0 Å². The summed E-state index contributed by atoms with van der Waals surface area (Å²) in [7, 11) is 4.06. The van der Waals surface area contributed by atoms with Crippen molar-refractivity contribution in [1.29, 1.82) is 0 Å². The fourth-order valence-corrected chi connectivity index (χ4v) is 1.88. The van der Waals surface area contributed by atoms with E-state index in [1.807, 2.05) is 32.3 Å². The van der Waals surface area contributed by atoms with Crippen LogP contribution in [0.4, 0.5) is 0 Å². The molecule has 1 rings (SSSR count). The van der Waals surface area contributed by atoms with Gasteiger partial charge in [0.15, 0.2) is 0 Å². The summed E-state index contributed by atoms with van der Waals surface area (Å²) in [6, 6.07) is 8.02. The van der Waals surface area contributed by atoms with Crippen LogP contribution in [0.5, 0.6) is 0 Å². The minimum absolute atomic E-state index is 0.382. The van der Waals surface area contributed by atoms with E-state index in [1.165, 1.54) is 5.56 Å². The predicted octanol–water partition coefficient (Wildman–Crippen LogP) is -0.0150. The summed E-state index contributed by atoms with van der Waals surface area (Å²) < 4.78 is 10.2. The van der Waals surface area contributed by atoms with Gasteiger partial charge in [-0.15, -0.1) is 0 Å². The first-order valence-corrected chi connectivity index (χ1v) is 5.40.